The first-order valence-corrected chi connectivity index (χ1v) is 16.5. The maximum atomic E-state index is 11.4. The molecule has 0 bridgehead atoms. The number of unbranched alkanes of at least 4 members (excludes halogenated alkanes) is 8. The fraction of sp³-hybridized carbons (Fsp3) is 0.917. The van der Waals surface area contributed by atoms with Crippen LogP contribution >= 0.6 is 0 Å². The van der Waals surface area contributed by atoms with Crippen LogP contribution in [0.3, 0.4) is 0 Å². The molecule has 0 aromatic rings. The number of carbonyl (C=O) groups excluding carboxylic acids is 1. The molecule has 0 unspecified atom stereocenters. The van der Waals surface area contributed by atoms with Gasteiger partial charge in [-0.1, -0.05) is 6.92 Å². The Bertz CT molecular complexity index is 205. The number of rotatable bonds is 14. The Hall–Kier alpha value is 1.79. The molecule has 0 N–H and O–H groups in total. The van der Waals surface area contributed by atoms with Gasteiger partial charge in [-0.3, -0.25) is 0 Å². The van der Waals surface area contributed by atoms with Crippen LogP contribution in [0.4, 0.5) is 0 Å². The second-order valence-electron chi connectivity index (χ2n) is 4.82. The first-order chi connectivity index (χ1) is 9.31. The van der Waals surface area contributed by atoms with Crippen LogP contribution in [0.15, 0.2) is 0 Å². The molecule has 0 rings (SSSR count). The van der Waals surface area contributed by atoms with Crippen molar-refractivity contribution in [2.24, 2.45) is 0 Å². The minimum atomic E-state index is -1.65. The third kappa shape index (κ3) is 17.7. The molecule has 4 nitrogen and oxygen atoms in total. The van der Waals surface area contributed by atoms with E-state index in [0.29, 0.717) is 29.4 Å². The van der Waals surface area contributed by atoms with Crippen molar-refractivity contribution < 1.29 is 10.7 Å². The van der Waals surface area contributed by atoms with Gasteiger partial charge in [-0.15, -0.1) is 0 Å². The third-order valence-corrected chi connectivity index (χ3v) is 16.8. The molecule has 0 saturated carbocycles. The Labute approximate surface area is 153 Å². The second kappa shape index (κ2) is 17.8. The van der Waals surface area contributed by atoms with Crippen LogP contribution in [-0.4, -0.2) is 72.8 Å². The molecule has 0 aromatic carbocycles. The molecule has 0 aliphatic carbocycles. The average molecular weight is 595 g/mol. The summed E-state index contributed by atoms with van der Waals surface area (Å²) in [5.74, 6) is -0.0374. The molecule has 0 atom stereocenters. The molecule has 0 radical (unpaired) electrons. The molecular formula is C12H30O4Sn3. The molecule has 0 fully saturated rings. The van der Waals surface area contributed by atoms with Gasteiger partial charge in [0.2, 0.25) is 0 Å². The van der Waals surface area contributed by atoms with E-state index in [1.54, 1.807) is 0 Å². The Balaban J connectivity index is 3.10. The predicted molar refractivity (Wildman–Crippen MR) is 87.1 cm³/mol. The zero-order chi connectivity index (χ0) is 14.2. The van der Waals surface area contributed by atoms with Crippen molar-refractivity contribution in [3.05, 3.63) is 0 Å². The van der Waals surface area contributed by atoms with Gasteiger partial charge in [-0.05, 0) is 0 Å². The van der Waals surface area contributed by atoms with Gasteiger partial charge in [0, 0.05) is 0 Å². The maximum absolute atomic E-state index is 11.4. The van der Waals surface area contributed by atoms with E-state index in [9.17, 15) is 4.79 Å². The van der Waals surface area contributed by atoms with Gasteiger partial charge < -0.3 is 0 Å². The van der Waals surface area contributed by atoms with E-state index < -0.39 is 43.9 Å². The molecule has 0 aromatic heterocycles. The van der Waals surface area contributed by atoms with E-state index in [4.69, 9.17) is 5.90 Å². The van der Waals surface area contributed by atoms with E-state index >= 15 is 0 Å². The van der Waals surface area contributed by atoms with Gasteiger partial charge in [-0.25, -0.2) is 0 Å². The predicted octanol–water partition coefficient (Wildman–Crippen LogP) is 0.762. The van der Waals surface area contributed by atoms with E-state index in [1.807, 2.05) is 0 Å². The van der Waals surface area contributed by atoms with Crippen LogP contribution in [0, 0.1) is 0 Å². The summed E-state index contributed by atoms with van der Waals surface area (Å²) >= 11 is -2.65. The molecule has 7 heteroatoms. The monoisotopic (exact) mass is 598 g/mol. The van der Waals surface area contributed by atoms with Crippen LogP contribution < -0.4 is 0 Å². The summed E-state index contributed by atoms with van der Waals surface area (Å²) in [7, 11) is 0. The summed E-state index contributed by atoms with van der Waals surface area (Å²) in [6, 6.07) is 0. The van der Waals surface area contributed by atoms with Gasteiger partial charge in [0.1, 0.15) is 0 Å². The van der Waals surface area contributed by atoms with E-state index in [-0.39, 0.29) is 5.97 Å². The SMILES string of the molecule is CCCCCCCCCCCC(=O)[O][SnH2][O][SnH2][O][SnH3]. The quantitative estimate of drug-likeness (QED) is 0.220. The Morgan fingerprint density at radius 2 is 1.53 bits per heavy atom. The Morgan fingerprint density at radius 3 is 2.11 bits per heavy atom. The summed E-state index contributed by atoms with van der Waals surface area (Å²) in [4.78, 5) is 11.4. The average Bonchev–Trinajstić information content (AvgIpc) is 2.42. The van der Waals surface area contributed by atoms with Crippen molar-refractivity contribution in [2.45, 2.75) is 71.1 Å². The fourth-order valence-electron chi connectivity index (χ4n) is 1.88. The van der Waals surface area contributed by atoms with Crippen molar-refractivity contribution >= 4 is 72.8 Å². The third-order valence-electron chi connectivity index (χ3n) is 2.99. The Morgan fingerprint density at radius 1 is 0.947 bits per heavy atom. The number of hydrogen-bond donors (Lipinski definition) is 0. The van der Waals surface area contributed by atoms with Gasteiger partial charge in [-0.2, -0.15) is 0 Å². The summed E-state index contributed by atoms with van der Waals surface area (Å²) < 4.78 is 15.7. The van der Waals surface area contributed by atoms with Crippen molar-refractivity contribution in [1.29, 1.82) is 0 Å². The van der Waals surface area contributed by atoms with E-state index in [0.717, 1.165) is 12.8 Å². The van der Waals surface area contributed by atoms with Crippen molar-refractivity contribution in [2.75, 3.05) is 0 Å². The van der Waals surface area contributed by atoms with Gasteiger partial charge in [0.25, 0.3) is 0 Å². The summed E-state index contributed by atoms with van der Waals surface area (Å²) in [6.45, 7) is 2.25. The normalized spacial score (nSPS) is 12.1. The molecular weight excluding hydrogens is 564 g/mol. The van der Waals surface area contributed by atoms with Crippen LogP contribution in [-0.2, 0) is 10.7 Å². The molecule has 0 heterocycles. The van der Waals surface area contributed by atoms with Gasteiger partial charge >= 0.3 is 148 Å². The van der Waals surface area contributed by atoms with Gasteiger partial charge in [0.05, 0.1) is 0 Å². The molecule has 0 saturated heterocycles. The standard InChI is InChI=1S/C12H24O2.2O.3Sn.7H/c1-2-3-4-5-6-7-8-9-10-11-12(13)14;;;;;;;;;;;;/h2-11H2,1H3,(H,13,14);;;;;;;;;;;;/q;;;;;+1;;;;;;;/p-1. The molecule has 0 aliphatic heterocycles. The van der Waals surface area contributed by atoms with Crippen LogP contribution in [0.1, 0.15) is 71.1 Å². The fourth-order valence-corrected chi connectivity index (χ4v) is 31.1. The van der Waals surface area contributed by atoms with Crippen molar-refractivity contribution in [1.82, 2.24) is 0 Å². The summed E-state index contributed by atoms with van der Waals surface area (Å²) in [6.07, 6.45) is 12.1. The van der Waals surface area contributed by atoms with Crippen LogP contribution in [0.25, 0.3) is 0 Å². The number of hydrogen-bond acceptors (Lipinski definition) is 4. The van der Waals surface area contributed by atoms with Crippen molar-refractivity contribution in [3.8, 4) is 0 Å². The van der Waals surface area contributed by atoms with Crippen LogP contribution in [0.5, 0.6) is 0 Å². The van der Waals surface area contributed by atoms with E-state index in [1.165, 1.54) is 44.9 Å². The number of carbonyl (C=O) groups is 1. The van der Waals surface area contributed by atoms with Crippen molar-refractivity contribution in [3.63, 3.8) is 0 Å². The molecule has 0 spiro atoms. The molecule has 0 aliphatic rings. The van der Waals surface area contributed by atoms with Crippen LogP contribution in [0.2, 0.25) is 0 Å². The summed E-state index contributed by atoms with van der Waals surface area (Å²) in [5.41, 5.74) is 0. The first kappa shape index (κ1) is 20.8. The molecule has 19 heavy (non-hydrogen) atoms. The minimum absolute atomic E-state index is 0.0374. The summed E-state index contributed by atoms with van der Waals surface area (Å²) in [5, 5.41) is 0. The molecule has 114 valence electrons. The van der Waals surface area contributed by atoms with E-state index in [2.05, 4.69) is 6.92 Å². The van der Waals surface area contributed by atoms with Gasteiger partial charge in [0.15, 0.2) is 0 Å². The topological polar surface area (TPSA) is 44.8 Å². The first-order valence-electron chi connectivity index (χ1n) is 7.53. The zero-order valence-corrected chi connectivity index (χ0v) is 26.4. The molecule has 0 amide bonds. The Kier molecular flexibility index (Phi) is 19.5. The zero-order valence-electron chi connectivity index (χ0n) is 12.6. The second-order valence-corrected chi connectivity index (χ2v) is 28.7.